The van der Waals surface area contributed by atoms with E-state index in [-0.39, 0.29) is 12.5 Å². The maximum Gasteiger partial charge on any atom is 0.236 e. The average Bonchev–Trinajstić information content (AvgIpc) is 3.20. The van der Waals surface area contributed by atoms with Crippen LogP contribution in [0.15, 0.2) is 36.5 Å². The summed E-state index contributed by atoms with van der Waals surface area (Å²) in [7, 11) is 3.52. The molecule has 2 aliphatic heterocycles. The van der Waals surface area contributed by atoms with Gasteiger partial charge in [-0.25, -0.2) is 4.98 Å². The summed E-state index contributed by atoms with van der Waals surface area (Å²) in [5.74, 6) is 2.41. The topological polar surface area (TPSA) is 97.4 Å². The van der Waals surface area contributed by atoms with Crippen molar-refractivity contribution >= 4 is 29.3 Å². The van der Waals surface area contributed by atoms with Gasteiger partial charge in [0.25, 0.3) is 0 Å². The summed E-state index contributed by atoms with van der Waals surface area (Å²) >= 11 is 6.34. The molecule has 1 saturated heterocycles. The van der Waals surface area contributed by atoms with Crippen LogP contribution in [0.2, 0.25) is 5.02 Å². The van der Waals surface area contributed by atoms with Crippen LogP contribution < -0.4 is 9.80 Å². The van der Waals surface area contributed by atoms with E-state index in [4.69, 9.17) is 11.6 Å². The molecule has 0 saturated carbocycles. The molecular formula is C24H26ClN9O. The number of hydrogen-bond donors (Lipinski definition) is 0. The van der Waals surface area contributed by atoms with Crippen LogP contribution in [0.1, 0.15) is 17.0 Å². The monoisotopic (exact) mass is 491 g/mol. The normalized spacial score (nSPS) is 15.7. The molecule has 2 aliphatic rings. The van der Waals surface area contributed by atoms with Crippen LogP contribution in [0.4, 0.5) is 11.8 Å². The molecule has 35 heavy (non-hydrogen) atoms. The van der Waals surface area contributed by atoms with E-state index in [1.54, 1.807) is 31.3 Å². The lowest BCUT2D eigenvalue weighted by molar-refractivity contribution is -0.130. The lowest BCUT2D eigenvalue weighted by Gasteiger charge is -2.36. The molecule has 4 heterocycles. The summed E-state index contributed by atoms with van der Waals surface area (Å²) in [4.78, 5) is 24.9. The maximum atomic E-state index is 12.4. The first-order valence-electron chi connectivity index (χ1n) is 11.4. The van der Waals surface area contributed by atoms with E-state index in [2.05, 4.69) is 40.5 Å². The fraction of sp³-hybridized carbons (Fsp3) is 0.375. The van der Waals surface area contributed by atoms with Gasteiger partial charge >= 0.3 is 0 Å². The fourth-order valence-electron chi connectivity index (χ4n) is 4.50. The predicted molar refractivity (Wildman–Crippen MR) is 133 cm³/mol. The maximum absolute atomic E-state index is 12.4. The molecule has 1 amide bonds. The van der Waals surface area contributed by atoms with Gasteiger partial charge in [-0.3, -0.25) is 14.3 Å². The van der Waals surface area contributed by atoms with Crippen molar-refractivity contribution in [1.82, 2.24) is 29.5 Å². The molecule has 1 aromatic carbocycles. The van der Waals surface area contributed by atoms with Gasteiger partial charge in [0.05, 0.1) is 30.4 Å². The van der Waals surface area contributed by atoms with E-state index in [9.17, 15) is 10.1 Å². The summed E-state index contributed by atoms with van der Waals surface area (Å²) in [5.41, 5.74) is 2.61. The number of aromatic nitrogens is 4. The van der Waals surface area contributed by atoms with E-state index in [1.165, 1.54) is 0 Å². The van der Waals surface area contributed by atoms with E-state index in [0.29, 0.717) is 23.7 Å². The molecule has 0 bridgehead atoms. The second-order valence-electron chi connectivity index (χ2n) is 8.95. The molecule has 0 aliphatic carbocycles. The smallest absolute Gasteiger partial charge is 0.236 e. The molecule has 1 fully saturated rings. The van der Waals surface area contributed by atoms with Crippen LogP contribution in [-0.2, 0) is 17.9 Å². The van der Waals surface area contributed by atoms with Gasteiger partial charge < -0.3 is 14.7 Å². The van der Waals surface area contributed by atoms with E-state index in [1.807, 2.05) is 24.3 Å². The number of anilines is 2. The van der Waals surface area contributed by atoms with Crippen molar-refractivity contribution < 1.29 is 4.79 Å². The van der Waals surface area contributed by atoms with Gasteiger partial charge in [0.2, 0.25) is 11.9 Å². The second kappa shape index (κ2) is 9.52. The van der Waals surface area contributed by atoms with Crippen LogP contribution in [0.5, 0.6) is 0 Å². The molecule has 0 spiro atoms. The standard InChI is InChI=1S/C24H26ClN9O/c1-30(2)23(35)16-31-14-18-12-19(25)3-4-20(18)34-22(15-31)28-29-24(34)33-9-7-32(8-10-33)21-11-17(13-26)5-6-27-21/h3-6,11-12H,7-10,14-16H2,1-2H3. The number of fused-ring (bicyclic) bond motifs is 3. The molecule has 180 valence electrons. The number of carbonyl (C=O) groups excluding carboxylic acids is 1. The summed E-state index contributed by atoms with van der Waals surface area (Å²) in [5, 5.41) is 18.9. The average molecular weight is 492 g/mol. The van der Waals surface area contributed by atoms with E-state index < -0.39 is 0 Å². The first kappa shape index (κ1) is 23.1. The quantitative estimate of drug-likeness (QED) is 0.546. The van der Waals surface area contributed by atoms with Crippen LogP contribution in [0.3, 0.4) is 0 Å². The Balaban J connectivity index is 1.42. The van der Waals surface area contributed by atoms with Gasteiger partial charge in [0, 0.05) is 58.0 Å². The number of amides is 1. The zero-order chi connectivity index (χ0) is 24.5. The largest absolute Gasteiger partial charge is 0.353 e. The summed E-state index contributed by atoms with van der Waals surface area (Å²) in [6.45, 7) is 4.36. The number of likely N-dealkylation sites (N-methyl/N-ethyl adjacent to an activating group) is 1. The van der Waals surface area contributed by atoms with Gasteiger partial charge in [-0.1, -0.05) is 11.6 Å². The van der Waals surface area contributed by atoms with Gasteiger partial charge in [0.15, 0.2) is 5.82 Å². The summed E-state index contributed by atoms with van der Waals surface area (Å²) < 4.78 is 2.09. The minimum Gasteiger partial charge on any atom is -0.353 e. The third-order valence-corrected chi connectivity index (χ3v) is 6.61. The Morgan fingerprint density at radius 2 is 1.86 bits per heavy atom. The first-order chi connectivity index (χ1) is 16.9. The lowest BCUT2D eigenvalue weighted by Crippen LogP contribution is -2.47. The highest BCUT2D eigenvalue weighted by atomic mass is 35.5. The third-order valence-electron chi connectivity index (χ3n) is 6.37. The Kier molecular flexibility index (Phi) is 6.28. The Bertz CT molecular complexity index is 1290. The zero-order valence-electron chi connectivity index (χ0n) is 19.7. The Morgan fingerprint density at radius 3 is 2.60 bits per heavy atom. The van der Waals surface area contributed by atoms with Crippen molar-refractivity contribution in [2.45, 2.75) is 13.1 Å². The molecule has 3 aromatic rings. The fourth-order valence-corrected chi connectivity index (χ4v) is 4.69. The Hall–Kier alpha value is -3.68. The third kappa shape index (κ3) is 4.65. The van der Waals surface area contributed by atoms with Crippen LogP contribution in [-0.4, -0.2) is 82.3 Å². The molecule has 2 aromatic heterocycles. The van der Waals surface area contributed by atoms with Crippen LogP contribution >= 0.6 is 11.6 Å². The minimum atomic E-state index is 0.0342. The zero-order valence-corrected chi connectivity index (χ0v) is 20.5. The molecule has 0 unspecified atom stereocenters. The molecule has 0 atom stereocenters. The van der Waals surface area contributed by atoms with Gasteiger partial charge in [0.1, 0.15) is 5.82 Å². The number of benzene rings is 1. The predicted octanol–water partition coefficient (Wildman–Crippen LogP) is 1.92. The molecule has 0 radical (unpaired) electrons. The highest BCUT2D eigenvalue weighted by Gasteiger charge is 2.29. The van der Waals surface area contributed by atoms with Crippen molar-refractivity contribution in [3.05, 3.63) is 58.5 Å². The first-order valence-corrected chi connectivity index (χ1v) is 11.8. The number of piperazine rings is 1. The van der Waals surface area contributed by atoms with Crippen LogP contribution in [0, 0.1) is 11.3 Å². The number of rotatable bonds is 4. The lowest BCUT2D eigenvalue weighted by atomic mass is 10.1. The van der Waals surface area contributed by atoms with Gasteiger partial charge in [-0.15, -0.1) is 10.2 Å². The Morgan fingerprint density at radius 1 is 1.09 bits per heavy atom. The van der Waals surface area contributed by atoms with Gasteiger partial charge in [-0.05, 0) is 35.9 Å². The highest BCUT2D eigenvalue weighted by Crippen LogP contribution is 2.31. The van der Waals surface area contributed by atoms with E-state index in [0.717, 1.165) is 55.0 Å². The summed E-state index contributed by atoms with van der Waals surface area (Å²) in [6.07, 6.45) is 1.67. The highest BCUT2D eigenvalue weighted by molar-refractivity contribution is 6.30. The van der Waals surface area contributed by atoms with Crippen molar-refractivity contribution in [3.8, 4) is 11.8 Å². The number of nitriles is 1. The SMILES string of the molecule is CN(C)C(=O)CN1Cc2cc(Cl)ccc2-n2c(nnc2N2CCN(c3cc(C#N)ccn3)CC2)C1. The van der Waals surface area contributed by atoms with Crippen molar-refractivity contribution in [1.29, 1.82) is 5.26 Å². The minimum absolute atomic E-state index is 0.0342. The van der Waals surface area contributed by atoms with Gasteiger partial charge in [-0.2, -0.15) is 5.26 Å². The molecule has 11 heteroatoms. The van der Waals surface area contributed by atoms with Crippen molar-refractivity contribution in [2.75, 3.05) is 56.6 Å². The van der Waals surface area contributed by atoms with Crippen molar-refractivity contribution in [2.24, 2.45) is 0 Å². The number of carbonyl (C=O) groups is 1. The number of nitrogens with zero attached hydrogens (tertiary/aromatic N) is 9. The van der Waals surface area contributed by atoms with Crippen LogP contribution in [0.25, 0.3) is 5.69 Å². The van der Waals surface area contributed by atoms with Crippen molar-refractivity contribution in [3.63, 3.8) is 0 Å². The number of hydrogen-bond acceptors (Lipinski definition) is 8. The second-order valence-corrected chi connectivity index (χ2v) is 9.38. The number of pyridine rings is 1. The Labute approximate surface area is 208 Å². The summed E-state index contributed by atoms with van der Waals surface area (Å²) in [6, 6.07) is 11.5. The molecular weight excluding hydrogens is 466 g/mol. The molecule has 0 N–H and O–H groups in total. The van der Waals surface area contributed by atoms with E-state index >= 15 is 0 Å². The number of halogens is 1. The molecule has 5 rings (SSSR count). The molecule has 10 nitrogen and oxygen atoms in total.